The maximum atomic E-state index is 12.0. The molecule has 134 valence electrons. The molecule has 3 rings (SSSR count). The lowest BCUT2D eigenvalue weighted by molar-refractivity contribution is -0.136. The fourth-order valence-corrected chi connectivity index (χ4v) is 2.98. The van der Waals surface area contributed by atoms with Crippen LogP contribution in [0.15, 0.2) is 30.5 Å². The van der Waals surface area contributed by atoms with Crippen LogP contribution in [0.5, 0.6) is 0 Å². The van der Waals surface area contributed by atoms with Crippen LogP contribution in [0.4, 0.5) is 5.69 Å². The number of benzene rings is 1. The van der Waals surface area contributed by atoms with Gasteiger partial charge in [0.15, 0.2) is 0 Å². The lowest BCUT2D eigenvalue weighted by Crippen LogP contribution is -2.45. The van der Waals surface area contributed by atoms with Crippen molar-refractivity contribution in [2.75, 3.05) is 51.6 Å². The predicted octanol–water partition coefficient (Wildman–Crippen LogP) is 0.860. The highest BCUT2D eigenvalue weighted by molar-refractivity contribution is 6.39. The molecule has 0 bridgehead atoms. The van der Waals surface area contributed by atoms with E-state index in [1.54, 1.807) is 6.07 Å². The van der Waals surface area contributed by atoms with E-state index in [0.29, 0.717) is 12.2 Å². The molecule has 7 nitrogen and oxygen atoms in total. The molecule has 0 saturated carbocycles. The van der Waals surface area contributed by atoms with E-state index in [-0.39, 0.29) is 0 Å². The molecule has 0 atom stereocenters. The first-order chi connectivity index (χ1) is 12.1. The Bertz CT molecular complexity index is 734. The van der Waals surface area contributed by atoms with Gasteiger partial charge in [-0.3, -0.25) is 9.59 Å². The Kier molecular flexibility index (Phi) is 5.67. The summed E-state index contributed by atoms with van der Waals surface area (Å²) in [6, 6.07) is 7.41. The van der Waals surface area contributed by atoms with E-state index in [2.05, 4.69) is 32.5 Å². The predicted molar refractivity (Wildman–Crippen MR) is 98.5 cm³/mol. The van der Waals surface area contributed by atoms with Crippen molar-refractivity contribution in [3.05, 3.63) is 30.5 Å². The Balaban J connectivity index is 1.38. The van der Waals surface area contributed by atoms with Crippen LogP contribution < -0.4 is 10.6 Å². The average molecular weight is 343 g/mol. The minimum atomic E-state index is -0.630. The first kappa shape index (κ1) is 17.4. The number of amides is 2. The molecule has 1 aliphatic rings. The molecule has 25 heavy (non-hydrogen) atoms. The molecule has 3 N–H and O–H groups in total. The van der Waals surface area contributed by atoms with Gasteiger partial charge in [0.25, 0.3) is 0 Å². The third kappa shape index (κ3) is 4.80. The fraction of sp³-hybridized carbons (Fsp3) is 0.444. The highest BCUT2D eigenvalue weighted by Gasteiger charge is 2.15. The Morgan fingerprint density at radius 2 is 1.92 bits per heavy atom. The Morgan fingerprint density at radius 1 is 1.12 bits per heavy atom. The Morgan fingerprint density at radius 3 is 2.72 bits per heavy atom. The zero-order chi connectivity index (χ0) is 17.6. The van der Waals surface area contributed by atoms with Gasteiger partial charge in [-0.1, -0.05) is 0 Å². The van der Waals surface area contributed by atoms with Crippen LogP contribution >= 0.6 is 0 Å². The van der Waals surface area contributed by atoms with Gasteiger partial charge in [0, 0.05) is 55.5 Å². The van der Waals surface area contributed by atoms with Crippen LogP contribution in [0, 0.1) is 0 Å². The molecule has 2 aromatic rings. The number of nitrogens with zero attached hydrogens (tertiary/aromatic N) is 2. The van der Waals surface area contributed by atoms with E-state index in [1.807, 2.05) is 24.4 Å². The summed E-state index contributed by atoms with van der Waals surface area (Å²) in [6.45, 7) is 5.75. The summed E-state index contributed by atoms with van der Waals surface area (Å²) < 4.78 is 0. The van der Waals surface area contributed by atoms with Gasteiger partial charge in [-0.15, -0.1) is 0 Å². The SMILES string of the molecule is CN1CCN(CCCNC(=O)C(=O)Nc2ccc3[nH]ccc3c2)CC1. The number of likely N-dealkylation sites (N-methyl/N-ethyl adjacent to an activating group) is 1. The Hall–Kier alpha value is -2.38. The molecule has 0 radical (unpaired) electrons. The number of anilines is 1. The molecule has 2 amide bonds. The van der Waals surface area contributed by atoms with Crippen LogP contribution in [-0.4, -0.2) is 72.9 Å². The van der Waals surface area contributed by atoms with E-state index in [4.69, 9.17) is 0 Å². The first-order valence-corrected chi connectivity index (χ1v) is 8.69. The first-order valence-electron chi connectivity index (χ1n) is 8.69. The number of carbonyl (C=O) groups excluding carboxylic acids is 2. The van der Waals surface area contributed by atoms with Crippen LogP contribution in [-0.2, 0) is 9.59 Å². The molecule has 1 aromatic carbocycles. The molecule has 1 aromatic heterocycles. The number of hydrogen-bond acceptors (Lipinski definition) is 4. The normalized spacial score (nSPS) is 16.0. The largest absolute Gasteiger partial charge is 0.361 e. The molecule has 1 saturated heterocycles. The average Bonchev–Trinajstić information content (AvgIpc) is 3.07. The van der Waals surface area contributed by atoms with Crippen LogP contribution in [0.1, 0.15) is 6.42 Å². The molecule has 1 aliphatic heterocycles. The second-order valence-electron chi connectivity index (χ2n) is 6.49. The summed E-state index contributed by atoms with van der Waals surface area (Å²) in [5, 5.41) is 6.32. The number of hydrogen-bond donors (Lipinski definition) is 3. The van der Waals surface area contributed by atoms with Gasteiger partial charge in [-0.05, 0) is 44.3 Å². The van der Waals surface area contributed by atoms with Gasteiger partial charge >= 0.3 is 11.8 Å². The van der Waals surface area contributed by atoms with Crippen molar-refractivity contribution in [3.63, 3.8) is 0 Å². The summed E-state index contributed by atoms with van der Waals surface area (Å²) in [5.74, 6) is -1.22. The van der Waals surface area contributed by atoms with Crippen molar-refractivity contribution >= 4 is 28.4 Å². The van der Waals surface area contributed by atoms with Crippen LogP contribution in [0.25, 0.3) is 10.9 Å². The van der Waals surface area contributed by atoms with E-state index in [9.17, 15) is 9.59 Å². The second-order valence-corrected chi connectivity index (χ2v) is 6.49. The molecular formula is C18H25N5O2. The van der Waals surface area contributed by atoms with Gasteiger partial charge < -0.3 is 25.4 Å². The van der Waals surface area contributed by atoms with E-state index >= 15 is 0 Å². The number of H-pyrrole nitrogens is 1. The van der Waals surface area contributed by atoms with Gasteiger partial charge in [-0.25, -0.2) is 0 Å². The summed E-state index contributed by atoms with van der Waals surface area (Å²) in [6.07, 6.45) is 2.68. The zero-order valence-electron chi connectivity index (χ0n) is 14.5. The molecule has 2 heterocycles. The summed E-state index contributed by atoms with van der Waals surface area (Å²) in [4.78, 5) is 31.7. The minimum absolute atomic E-state index is 0.509. The number of aromatic amines is 1. The van der Waals surface area contributed by atoms with Crippen LogP contribution in [0.2, 0.25) is 0 Å². The quantitative estimate of drug-likeness (QED) is 0.556. The van der Waals surface area contributed by atoms with Crippen molar-refractivity contribution in [1.29, 1.82) is 0 Å². The zero-order valence-corrected chi connectivity index (χ0v) is 14.5. The van der Waals surface area contributed by atoms with Gasteiger partial charge in [0.05, 0.1) is 0 Å². The number of aromatic nitrogens is 1. The van der Waals surface area contributed by atoms with Crippen molar-refractivity contribution in [2.45, 2.75) is 6.42 Å². The fourth-order valence-electron chi connectivity index (χ4n) is 2.98. The minimum Gasteiger partial charge on any atom is -0.361 e. The lowest BCUT2D eigenvalue weighted by Gasteiger charge is -2.32. The third-order valence-corrected chi connectivity index (χ3v) is 4.55. The standard InChI is InChI=1S/C18H25N5O2/c1-22-9-11-23(12-10-22)8-2-6-20-17(24)18(25)21-15-3-4-16-14(13-15)5-7-19-16/h3-5,7,13,19H,2,6,8-12H2,1H3,(H,20,24)(H,21,25). The second kappa shape index (κ2) is 8.13. The van der Waals surface area contributed by atoms with Gasteiger partial charge in [0.2, 0.25) is 0 Å². The van der Waals surface area contributed by atoms with Crippen molar-refractivity contribution < 1.29 is 9.59 Å². The Labute approximate surface area is 147 Å². The molecule has 1 fully saturated rings. The number of nitrogens with one attached hydrogen (secondary N) is 3. The van der Waals surface area contributed by atoms with Gasteiger partial charge in [-0.2, -0.15) is 0 Å². The van der Waals surface area contributed by atoms with Crippen LogP contribution in [0.3, 0.4) is 0 Å². The van der Waals surface area contributed by atoms with Gasteiger partial charge in [0.1, 0.15) is 0 Å². The molecule has 0 spiro atoms. The number of rotatable bonds is 5. The topological polar surface area (TPSA) is 80.5 Å². The van der Waals surface area contributed by atoms with Crippen molar-refractivity contribution in [3.8, 4) is 0 Å². The summed E-state index contributed by atoms with van der Waals surface area (Å²) in [5.41, 5.74) is 1.61. The highest BCUT2D eigenvalue weighted by atomic mass is 16.2. The lowest BCUT2D eigenvalue weighted by atomic mass is 10.2. The van der Waals surface area contributed by atoms with Crippen molar-refractivity contribution in [1.82, 2.24) is 20.1 Å². The molecule has 7 heteroatoms. The summed E-state index contributed by atoms with van der Waals surface area (Å²) >= 11 is 0. The highest BCUT2D eigenvalue weighted by Crippen LogP contribution is 2.17. The number of carbonyl (C=O) groups is 2. The number of piperazine rings is 1. The maximum Gasteiger partial charge on any atom is 0.313 e. The maximum absolute atomic E-state index is 12.0. The van der Waals surface area contributed by atoms with E-state index in [0.717, 1.165) is 50.0 Å². The monoisotopic (exact) mass is 343 g/mol. The number of fused-ring (bicyclic) bond motifs is 1. The van der Waals surface area contributed by atoms with Crippen molar-refractivity contribution in [2.24, 2.45) is 0 Å². The molecule has 0 aliphatic carbocycles. The third-order valence-electron chi connectivity index (χ3n) is 4.55. The smallest absolute Gasteiger partial charge is 0.313 e. The molecule has 0 unspecified atom stereocenters. The van der Waals surface area contributed by atoms with E-state index in [1.165, 1.54) is 0 Å². The van der Waals surface area contributed by atoms with E-state index < -0.39 is 11.8 Å². The summed E-state index contributed by atoms with van der Waals surface area (Å²) in [7, 11) is 2.13. The molecular weight excluding hydrogens is 318 g/mol.